The molecule has 1 unspecified atom stereocenters. The molecule has 0 fully saturated rings. The normalized spacial score (nSPS) is 12.2. The molecular weight excluding hydrogens is 475 g/mol. The number of aromatic nitrogens is 4. The minimum atomic E-state index is -0.584. The number of rotatable bonds is 6. The number of fused-ring (bicyclic) bond motifs is 2. The Hall–Kier alpha value is -4.78. The second-order valence-corrected chi connectivity index (χ2v) is 9.36. The fraction of sp³-hybridized carbons (Fsp3) is 0.129. The van der Waals surface area contributed by atoms with Crippen LogP contribution >= 0.6 is 0 Å². The van der Waals surface area contributed by atoms with E-state index < -0.39 is 6.04 Å². The summed E-state index contributed by atoms with van der Waals surface area (Å²) in [6.07, 6.45) is 2.48. The van der Waals surface area contributed by atoms with Crippen molar-refractivity contribution in [3.63, 3.8) is 0 Å². The van der Waals surface area contributed by atoms with E-state index in [1.807, 2.05) is 67.7 Å². The monoisotopic (exact) mass is 502 g/mol. The summed E-state index contributed by atoms with van der Waals surface area (Å²) in [5.41, 5.74) is 9.35. The molecule has 0 amide bonds. The summed E-state index contributed by atoms with van der Waals surface area (Å²) < 4.78 is 17.1. The number of aryl methyl sites for hydroxylation is 2. The van der Waals surface area contributed by atoms with Crippen molar-refractivity contribution in [2.24, 2.45) is 7.05 Å². The van der Waals surface area contributed by atoms with Crippen LogP contribution in [0.5, 0.6) is 0 Å². The summed E-state index contributed by atoms with van der Waals surface area (Å²) in [5, 5.41) is 12.3. The average Bonchev–Trinajstić information content (AvgIpc) is 3.33. The van der Waals surface area contributed by atoms with Crippen LogP contribution < -0.4 is 11.1 Å². The molecule has 6 aromatic rings. The number of halogens is 1. The number of benzene rings is 4. The topological polar surface area (TPSA) is 81.7 Å². The fourth-order valence-electron chi connectivity index (χ4n) is 4.96. The van der Waals surface area contributed by atoms with Crippen molar-refractivity contribution in [1.82, 2.24) is 19.7 Å². The molecule has 0 spiro atoms. The van der Waals surface area contributed by atoms with Crippen LogP contribution in [0.15, 0.2) is 91.1 Å². The second kappa shape index (κ2) is 9.59. The predicted octanol–water partition coefficient (Wildman–Crippen LogP) is 6.67. The van der Waals surface area contributed by atoms with E-state index in [0.29, 0.717) is 23.0 Å². The van der Waals surface area contributed by atoms with E-state index in [1.165, 1.54) is 6.07 Å². The number of nitrogens with one attached hydrogen (secondary N) is 1. The van der Waals surface area contributed by atoms with Crippen molar-refractivity contribution in [1.29, 1.82) is 0 Å². The highest BCUT2D eigenvalue weighted by atomic mass is 19.1. The first-order valence-electron chi connectivity index (χ1n) is 12.6. The maximum absolute atomic E-state index is 15.4. The van der Waals surface area contributed by atoms with Crippen molar-refractivity contribution < 1.29 is 4.39 Å². The van der Waals surface area contributed by atoms with Crippen molar-refractivity contribution >= 4 is 33.1 Å². The van der Waals surface area contributed by atoms with Gasteiger partial charge in [-0.15, -0.1) is 0 Å². The number of hydrogen-bond acceptors (Lipinski definition) is 5. The average molecular weight is 503 g/mol. The molecule has 7 heteroatoms. The van der Waals surface area contributed by atoms with Gasteiger partial charge in [-0.3, -0.25) is 4.68 Å². The van der Waals surface area contributed by atoms with Crippen LogP contribution in [-0.4, -0.2) is 19.7 Å². The molecule has 188 valence electrons. The number of pyridine rings is 1. The van der Waals surface area contributed by atoms with Crippen LogP contribution in [0.3, 0.4) is 0 Å². The van der Waals surface area contributed by atoms with Gasteiger partial charge in [0.25, 0.3) is 0 Å². The quantitative estimate of drug-likeness (QED) is 0.266. The number of anilines is 2. The van der Waals surface area contributed by atoms with E-state index in [2.05, 4.69) is 35.4 Å². The SMILES string of the molecule is CCc1ccc(F)c(C(Nc2ccc3c(N)nccc3c2)c2nc(-c3cccc4ccccc34)nn2C)c1. The first-order chi connectivity index (χ1) is 18.5. The molecule has 0 bridgehead atoms. The highest BCUT2D eigenvalue weighted by Gasteiger charge is 2.25. The molecule has 38 heavy (non-hydrogen) atoms. The van der Waals surface area contributed by atoms with Crippen LogP contribution in [0.1, 0.15) is 29.9 Å². The summed E-state index contributed by atoms with van der Waals surface area (Å²) in [5.74, 6) is 1.37. The lowest BCUT2D eigenvalue weighted by Crippen LogP contribution is -2.19. The largest absolute Gasteiger partial charge is 0.383 e. The Morgan fingerprint density at radius 3 is 2.63 bits per heavy atom. The molecule has 0 aliphatic heterocycles. The molecule has 0 aliphatic carbocycles. The van der Waals surface area contributed by atoms with Crippen molar-refractivity contribution in [3.05, 3.63) is 114 Å². The van der Waals surface area contributed by atoms with Crippen LogP contribution in [0, 0.1) is 5.82 Å². The minimum Gasteiger partial charge on any atom is -0.383 e. The maximum atomic E-state index is 15.4. The molecule has 2 heterocycles. The van der Waals surface area contributed by atoms with E-state index >= 15 is 4.39 Å². The van der Waals surface area contributed by atoms with E-state index in [1.54, 1.807) is 10.9 Å². The molecule has 1 atom stereocenters. The predicted molar refractivity (Wildman–Crippen MR) is 151 cm³/mol. The Balaban J connectivity index is 1.49. The molecule has 6 nitrogen and oxygen atoms in total. The third kappa shape index (κ3) is 4.22. The molecule has 0 aliphatic rings. The van der Waals surface area contributed by atoms with Gasteiger partial charge in [-0.05, 0) is 58.5 Å². The van der Waals surface area contributed by atoms with Gasteiger partial charge in [0.05, 0.1) is 0 Å². The lowest BCUT2D eigenvalue weighted by Gasteiger charge is -2.21. The number of nitrogen functional groups attached to an aromatic ring is 1. The number of hydrogen-bond donors (Lipinski definition) is 2. The third-order valence-electron chi connectivity index (χ3n) is 6.97. The van der Waals surface area contributed by atoms with Gasteiger partial charge in [0.1, 0.15) is 17.7 Å². The molecule has 6 rings (SSSR count). The Kier molecular flexibility index (Phi) is 5.96. The standard InChI is InChI=1S/C31H27FN6/c1-3-19-11-14-27(32)26(17-19)28(35-22-12-13-24-21(18-22)15-16-34-29(24)33)31-36-30(37-38(31)2)25-10-6-8-20-7-4-5-9-23(20)25/h4-18,28,35H,3H2,1-2H3,(H2,33,34). The molecule has 4 aromatic carbocycles. The molecule has 0 radical (unpaired) electrons. The van der Waals surface area contributed by atoms with E-state index in [4.69, 9.17) is 15.8 Å². The van der Waals surface area contributed by atoms with Crippen LogP contribution in [-0.2, 0) is 13.5 Å². The second-order valence-electron chi connectivity index (χ2n) is 9.36. The highest BCUT2D eigenvalue weighted by Crippen LogP contribution is 2.33. The van der Waals surface area contributed by atoms with Crippen LogP contribution in [0.2, 0.25) is 0 Å². The summed E-state index contributed by atoms with van der Waals surface area (Å²) in [4.78, 5) is 9.14. The summed E-state index contributed by atoms with van der Waals surface area (Å²) >= 11 is 0. The molecule has 3 N–H and O–H groups in total. The van der Waals surface area contributed by atoms with Gasteiger partial charge in [-0.1, -0.05) is 61.5 Å². The van der Waals surface area contributed by atoms with Crippen molar-refractivity contribution in [2.75, 3.05) is 11.1 Å². The van der Waals surface area contributed by atoms with Gasteiger partial charge in [0, 0.05) is 35.4 Å². The summed E-state index contributed by atoms with van der Waals surface area (Å²) in [6, 6.07) is 26.7. The van der Waals surface area contributed by atoms with Gasteiger partial charge in [0.15, 0.2) is 11.6 Å². The molecule has 0 saturated carbocycles. The zero-order valence-electron chi connectivity index (χ0n) is 21.2. The number of nitrogens with zero attached hydrogens (tertiary/aromatic N) is 4. The van der Waals surface area contributed by atoms with E-state index in [0.717, 1.165) is 44.8 Å². The zero-order chi connectivity index (χ0) is 26.2. The minimum absolute atomic E-state index is 0.302. The van der Waals surface area contributed by atoms with Gasteiger partial charge < -0.3 is 11.1 Å². The van der Waals surface area contributed by atoms with E-state index in [9.17, 15) is 0 Å². The van der Waals surface area contributed by atoms with Crippen molar-refractivity contribution in [3.8, 4) is 11.4 Å². The maximum Gasteiger partial charge on any atom is 0.182 e. The van der Waals surface area contributed by atoms with Gasteiger partial charge >= 0.3 is 0 Å². The lowest BCUT2D eigenvalue weighted by atomic mass is 10.0. The highest BCUT2D eigenvalue weighted by molar-refractivity contribution is 5.95. The fourth-order valence-corrected chi connectivity index (χ4v) is 4.96. The van der Waals surface area contributed by atoms with Gasteiger partial charge in [-0.25, -0.2) is 14.4 Å². The van der Waals surface area contributed by atoms with Crippen LogP contribution in [0.4, 0.5) is 15.9 Å². The molecule has 2 aromatic heterocycles. The first kappa shape index (κ1) is 23.6. The Morgan fingerprint density at radius 1 is 0.921 bits per heavy atom. The van der Waals surface area contributed by atoms with E-state index in [-0.39, 0.29) is 5.82 Å². The Labute approximate surface area is 220 Å². The lowest BCUT2D eigenvalue weighted by molar-refractivity contribution is 0.590. The smallest absolute Gasteiger partial charge is 0.182 e. The first-order valence-corrected chi connectivity index (χ1v) is 12.6. The van der Waals surface area contributed by atoms with Crippen LogP contribution in [0.25, 0.3) is 32.9 Å². The Morgan fingerprint density at radius 2 is 1.76 bits per heavy atom. The summed E-state index contributed by atoms with van der Waals surface area (Å²) in [7, 11) is 1.85. The Bertz CT molecular complexity index is 1790. The third-order valence-corrected chi connectivity index (χ3v) is 6.97. The number of nitrogens with two attached hydrogens (primary N) is 1. The molecular formula is C31H27FN6. The summed E-state index contributed by atoms with van der Waals surface area (Å²) in [6.45, 7) is 2.06. The van der Waals surface area contributed by atoms with Crippen molar-refractivity contribution in [2.45, 2.75) is 19.4 Å². The van der Waals surface area contributed by atoms with Gasteiger partial charge in [-0.2, -0.15) is 5.10 Å². The molecule has 0 saturated heterocycles. The zero-order valence-corrected chi connectivity index (χ0v) is 21.2. The van der Waals surface area contributed by atoms with Gasteiger partial charge in [0.2, 0.25) is 0 Å².